The predicted octanol–water partition coefficient (Wildman–Crippen LogP) is 1.88. The standard InChI is InChI=1S/C17H23N3O3/c21-16(14-4-1-2-10-18-14)19-12-6-8-13(9-7-12)20-17(22)15-5-3-11-23-15/h6-9,14-15,18H,1-5,10-11H2,(H,19,21)(H,20,22). The van der Waals surface area contributed by atoms with Crippen LogP contribution in [0.3, 0.4) is 0 Å². The lowest BCUT2D eigenvalue weighted by atomic mass is 10.0. The van der Waals surface area contributed by atoms with Crippen LogP contribution >= 0.6 is 0 Å². The van der Waals surface area contributed by atoms with E-state index in [1.165, 1.54) is 0 Å². The zero-order valence-electron chi connectivity index (χ0n) is 13.1. The molecule has 2 amide bonds. The van der Waals surface area contributed by atoms with Crippen LogP contribution in [-0.4, -0.2) is 37.1 Å². The Hall–Kier alpha value is -1.92. The summed E-state index contributed by atoms with van der Waals surface area (Å²) in [6.07, 6.45) is 4.45. The number of carbonyl (C=O) groups is 2. The van der Waals surface area contributed by atoms with Gasteiger partial charge in [-0.1, -0.05) is 6.42 Å². The van der Waals surface area contributed by atoms with Crippen LogP contribution in [-0.2, 0) is 14.3 Å². The molecular weight excluding hydrogens is 294 g/mol. The van der Waals surface area contributed by atoms with Gasteiger partial charge < -0.3 is 20.7 Å². The molecule has 0 aromatic heterocycles. The van der Waals surface area contributed by atoms with Crippen molar-refractivity contribution < 1.29 is 14.3 Å². The number of nitrogens with one attached hydrogen (secondary N) is 3. The van der Waals surface area contributed by atoms with Crippen molar-refractivity contribution in [2.75, 3.05) is 23.8 Å². The fraction of sp³-hybridized carbons (Fsp3) is 0.529. The Morgan fingerprint density at radius 1 is 0.957 bits per heavy atom. The smallest absolute Gasteiger partial charge is 0.253 e. The van der Waals surface area contributed by atoms with Crippen molar-refractivity contribution >= 4 is 23.2 Å². The normalized spacial score (nSPS) is 24.2. The average molecular weight is 317 g/mol. The van der Waals surface area contributed by atoms with E-state index >= 15 is 0 Å². The second-order valence-electron chi connectivity index (χ2n) is 6.06. The summed E-state index contributed by atoms with van der Waals surface area (Å²) < 4.78 is 5.35. The maximum atomic E-state index is 12.1. The zero-order chi connectivity index (χ0) is 16.1. The molecule has 23 heavy (non-hydrogen) atoms. The summed E-state index contributed by atoms with van der Waals surface area (Å²) >= 11 is 0. The van der Waals surface area contributed by atoms with Gasteiger partial charge in [0.15, 0.2) is 0 Å². The number of rotatable bonds is 4. The number of carbonyl (C=O) groups excluding carboxylic acids is 2. The highest BCUT2D eigenvalue weighted by molar-refractivity contribution is 5.96. The molecule has 2 aliphatic rings. The van der Waals surface area contributed by atoms with Gasteiger partial charge in [-0.05, 0) is 56.5 Å². The van der Waals surface area contributed by atoms with Gasteiger partial charge in [0.05, 0.1) is 6.04 Å². The van der Waals surface area contributed by atoms with Gasteiger partial charge in [-0.3, -0.25) is 9.59 Å². The number of piperidine rings is 1. The van der Waals surface area contributed by atoms with Gasteiger partial charge in [-0.2, -0.15) is 0 Å². The van der Waals surface area contributed by atoms with Crippen LogP contribution in [0.5, 0.6) is 0 Å². The summed E-state index contributed by atoms with van der Waals surface area (Å²) in [5.74, 6) is -0.105. The Labute approximate surface area is 136 Å². The third kappa shape index (κ3) is 4.30. The van der Waals surface area contributed by atoms with E-state index < -0.39 is 0 Å². The van der Waals surface area contributed by atoms with Crippen LogP contribution in [0.15, 0.2) is 24.3 Å². The number of anilines is 2. The van der Waals surface area contributed by atoms with Crippen LogP contribution in [0, 0.1) is 0 Å². The van der Waals surface area contributed by atoms with E-state index in [1.54, 1.807) is 24.3 Å². The number of amides is 2. The first-order valence-corrected chi connectivity index (χ1v) is 8.29. The van der Waals surface area contributed by atoms with Gasteiger partial charge in [0.2, 0.25) is 5.91 Å². The van der Waals surface area contributed by atoms with Crippen molar-refractivity contribution in [3.05, 3.63) is 24.3 Å². The van der Waals surface area contributed by atoms with Crippen LogP contribution in [0.1, 0.15) is 32.1 Å². The Balaban J connectivity index is 1.52. The van der Waals surface area contributed by atoms with Crippen LogP contribution in [0.4, 0.5) is 11.4 Å². The van der Waals surface area contributed by atoms with E-state index in [1.807, 2.05) is 0 Å². The first-order valence-electron chi connectivity index (χ1n) is 8.29. The van der Waals surface area contributed by atoms with Gasteiger partial charge in [0.25, 0.3) is 5.91 Å². The molecule has 0 radical (unpaired) electrons. The Kier molecular flexibility index (Phi) is 5.25. The van der Waals surface area contributed by atoms with E-state index in [0.717, 1.165) is 44.3 Å². The summed E-state index contributed by atoms with van der Waals surface area (Å²) in [7, 11) is 0. The molecule has 124 valence electrons. The quantitative estimate of drug-likeness (QED) is 0.792. The largest absolute Gasteiger partial charge is 0.368 e. The lowest BCUT2D eigenvalue weighted by molar-refractivity contribution is -0.124. The molecule has 1 aromatic rings. The second kappa shape index (κ2) is 7.57. The lowest BCUT2D eigenvalue weighted by Gasteiger charge is -2.22. The molecule has 3 N–H and O–H groups in total. The Morgan fingerprint density at radius 3 is 2.22 bits per heavy atom. The minimum atomic E-state index is -0.341. The number of hydrogen-bond donors (Lipinski definition) is 3. The number of benzene rings is 1. The van der Waals surface area contributed by atoms with Crippen LogP contribution < -0.4 is 16.0 Å². The number of hydrogen-bond acceptors (Lipinski definition) is 4. The molecule has 2 aliphatic heterocycles. The highest BCUT2D eigenvalue weighted by Crippen LogP contribution is 2.18. The maximum Gasteiger partial charge on any atom is 0.253 e. The fourth-order valence-corrected chi connectivity index (χ4v) is 2.95. The molecule has 2 atom stereocenters. The summed E-state index contributed by atoms with van der Waals surface area (Å²) in [4.78, 5) is 24.1. The van der Waals surface area contributed by atoms with E-state index in [2.05, 4.69) is 16.0 Å². The topological polar surface area (TPSA) is 79.5 Å². The summed E-state index contributed by atoms with van der Waals surface area (Å²) in [6.45, 7) is 1.55. The van der Waals surface area contributed by atoms with Gasteiger partial charge >= 0.3 is 0 Å². The molecule has 2 saturated heterocycles. The van der Waals surface area contributed by atoms with Crippen molar-refractivity contribution in [2.45, 2.75) is 44.2 Å². The highest BCUT2D eigenvalue weighted by atomic mass is 16.5. The molecule has 0 saturated carbocycles. The number of ether oxygens (including phenoxy) is 1. The first kappa shape index (κ1) is 16.0. The van der Waals surface area contributed by atoms with Crippen molar-refractivity contribution in [2.24, 2.45) is 0 Å². The minimum Gasteiger partial charge on any atom is -0.368 e. The molecule has 3 rings (SSSR count). The average Bonchev–Trinajstić information content (AvgIpc) is 3.12. The van der Waals surface area contributed by atoms with E-state index in [-0.39, 0.29) is 24.0 Å². The maximum absolute atomic E-state index is 12.1. The van der Waals surface area contributed by atoms with Crippen molar-refractivity contribution in [1.82, 2.24) is 5.32 Å². The molecule has 2 heterocycles. The van der Waals surface area contributed by atoms with E-state index in [0.29, 0.717) is 12.3 Å². The minimum absolute atomic E-state index is 0.000779. The molecular formula is C17H23N3O3. The third-order valence-electron chi connectivity index (χ3n) is 4.27. The van der Waals surface area contributed by atoms with E-state index in [4.69, 9.17) is 4.74 Å². The molecule has 2 unspecified atom stereocenters. The second-order valence-corrected chi connectivity index (χ2v) is 6.06. The molecule has 0 bridgehead atoms. The first-order chi connectivity index (χ1) is 11.2. The summed E-state index contributed by atoms with van der Waals surface area (Å²) in [5.41, 5.74) is 1.44. The Morgan fingerprint density at radius 2 is 1.65 bits per heavy atom. The van der Waals surface area contributed by atoms with E-state index in [9.17, 15) is 9.59 Å². The fourth-order valence-electron chi connectivity index (χ4n) is 2.95. The summed E-state index contributed by atoms with van der Waals surface area (Å²) in [6, 6.07) is 7.06. The monoisotopic (exact) mass is 317 g/mol. The molecule has 6 nitrogen and oxygen atoms in total. The van der Waals surface area contributed by atoms with Crippen molar-refractivity contribution in [3.63, 3.8) is 0 Å². The lowest BCUT2D eigenvalue weighted by Crippen LogP contribution is -2.43. The Bertz CT molecular complexity index is 547. The highest BCUT2D eigenvalue weighted by Gasteiger charge is 2.23. The molecule has 0 spiro atoms. The molecule has 0 aliphatic carbocycles. The van der Waals surface area contributed by atoms with Gasteiger partial charge in [-0.25, -0.2) is 0 Å². The van der Waals surface area contributed by atoms with Crippen LogP contribution in [0.2, 0.25) is 0 Å². The third-order valence-corrected chi connectivity index (χ3v) is 4.27. The SMILES string of the molecule is O=C(Nc1ccc(NC(=O)C2CCCO2)cc1)C1CCCCN1. The van der Waals surface area contributed by atoms with Crippen LogP contribution in [0.25, 0.3) is 0 Å². The van der Waals surface area contributed by atoms with Crippen molar-refractivity contribution in [1.29, 1.82) is 0 Å². The zero-order valence-corrected chi connectivity index (χ0v) is 13.1. The van der Waals surface area contributed by atoms with Gasteiger partial charge in [0, 0.05) is 18.0 Å². The van der Waals surface area contributed by atoms with Gasteiger partial charge in [-0.15, -0.1) is 0 Å². The molecule has 1 aromatic carbocycles. The van der Waals surface area contributed by atoms with Crippen molar-refractivity contribution in [3.8, 4) is 0 Å². The van der Waals surface area contributed by atoms with Gasteiger partial charge in [0.1, 0.15) is 6.10 Å². The molecule has 6 heteroatoms. The molecule has 2 fully saturated rings. The predicted molar refractivity (Wildman–Crippen MR) is 88.3 cm³/mol. The summed E-state index contributed by atoms with van der Waals surface area (Å²) in [5, 5.41) is 8.97.